The molecule has 0 fully saturated rings. The Morgan fingerprint density at radius 1 is 0.309 bits per heavy atom. The second kappa shape index (κ2) is 67.5. The average Bonchev–Trinajstić information content (AvgIpc) is 1.24. The van der Waals surface area contributed by atoms with Gasteiger partial charge in [0.1, 0.15) is 19.3 Å². The summed E-state index contributed by atoms with van der Waals surface area (Å²) in [6, 6.07) is 0. The third-order valence-electron chi connectivity index (χ3n) is 15.0. The van der Waals surface area contributed by atoms with Gasteiger partial charge in [-0.25, -0.2) is 9.13 Å². The summed E-state index contributed by atoms with van der Waals surface area (Å²) in [6.07, 6.45) is 68.5. The van der Waals surface area contributed by atoms with E-state index in [-0.39, 0.29) is 25.7 Å². The first-order chi connectivity index (χ1) is 45.7. The van der Waals surface area contributed by atoms with Crippen LogP contribution in [-0.4, -0.2) is 96.7 Å². The number of aliphatic hydroxyl groups is 1. The average molecular weight is 1370 g/mol. The maximum atomic E-state index is 13.0. The lowest BCUT2D eigenvalue weighted by Crippen LogP contribution is -2.30. The van der Waals surface area contributed by atoms with Gasteiger partial charge in [0.25, 0.3) is 0 Å². The number of hydrogen-bond donors (Lipinski definition) is 3. The second-order valence-corrected chi connectivity index (χ2v) is 27.0. The van der Waals surface area contributed by atoms with E-state index in [0.29, 0.717) is 25.7 Å². The van der Waals surface area contributed by atoms with Crippen LogP contribution in [-0.2, 0) is 65.4 Å². The summed E-state index contributed by atoms with van der Waals surface area (Å²) in [5, 5.41) is 10.6. The number of rotatable bonds is 68. The predicted octanol–water partition coefficient (Wildman–Crippen LogP) is 20.4. The van der Waals surface area contributed by atoms with Gasteiger partial charge in [0.05, 0.1) is 26.4 Å². The van der Waals surface area contributed by atoms with Gasteiger partial charge in [-0.3, -0.25) is 37.3 Å². The van der Waals surface area contributed by atoms with Crippen LogP contribution in [0.2, 0.25) is 0 Å². The van der Waals surface area contributed by atoms with E-state index in [1.807, 2.05) is 0 Å². The van der Waals surface area contributed by atoms with E-state index in [4.69, 9.17) is 37.0 Å². The number of carbonyl (C=O) groups excluding carboxylic acids is 4. The number of phosphoric ester groups is 2. The molecule has 5 unspecified atom stereocenters. The summed E-state index contributed by atoms with van der Waals surface area (Å²) in [6.45, 7) is 4.53. The SMILES string of the molecule is CC/C=C\C/C=C\C/C=C\C/C=C\CCCCC(=O)OCC(COP(=O)(O)OCC(O)COP(=O)(O)OCC(COC(=O)CCCCCCCCC/C=C\C/C=C\C/C=C\CC)OC(=O)CCCCCCC/C=C\CCCC)OC(=O)CCCCCCCCCCCCC. The Labute approximate surface area is 569 Å². The Bertz CT molecular complexity index is 2170. The van der Waals surface area contributed by atoms with E-state index >= 15 is 0 Å². The molecule has 94 heavy (non-hydrogen) atoms. The Morgan fingerprint density at radius 2 is 0.564 bits per heavy atom. The van der Waals surface area contributed by atoms with Crippen molar-refractivity contribution in [3.8, 4) is 0 Å². The third kappa shape index (κ3) is 66.6. The van der Waals surface area contributed by atoms with E-state index < -0.39 is 97.5 Å². The molecule has 542 valence electrons. The molecule has 5 atom stereocenters. The number of hydrogen-bond acceptors (Lipinski definition) is 15. The molecule has 0 aromatic carbocycles. The van der Waals surface area contributed by atoms with Crippen LogP contribution in [0.25, 0.3) is 0 Å². The Balaban J connectivity index is 5.32. The fraction of sp³-hybridized carbons (Fsp3) is 0.733. The van der Waals surface area contributed by atoms with Crippen molar-refractivity contribution in [2.45, 2.75) is 316 Å². The lowest BCUT2D eigenvalue weighted by atomic mass is 10.1. The van der Waals surface area contributed by atoms with Gasteiger partial charge in [0.15, 0.2) is 12.2 Å². The zero-order chi connectivity index (χ0) is 69.0. The van der Waals surface area contributed by atoms with E-state index in [0.717, 1.165) is 167 Å². The summed E-state index contributed by atoms with van der Waals surface area (Å²) in [5.41, 5.74) is 0. The second-order valence-electron chi connectivity index (χ2n) is 24.1. The molecule has 0 radical (unpaired) electrons. The molecule has 0 saturated heterocycles. The van der Waals surface area contributed by atoms with Crippen LogP contribution in [0.5, 0.6) is 0 Å². The normalized spacial score (nSPS) is 14.6. The number of phosphoric acid groups is 2. The maximum Gasteiger partial charge on any atom is 0.472 e. The highest BCUT2D eigenvalue weighted by Gasteiger charge is 2.30. The third-order valence-corrected chi connectivity index (χ3v) is 16.9. The molecule has 19 heteroatoms. The van der Waals surface area contributed by atoms with Gasteiger partial charge in [0, 0.05) is 25.7 Å². The van der Waals surface area contributed by atoms with Crippen molar-refractivity contribution in [3.05, 3.63) is 97.2 Å². The van der Waals surface area contributed by atoms with Crippen LogP contribution in [0.15, 0.2) is 97.2 Å². The summed E-state index contributed by atoms with van der Waals surface area (Å²) in [4.78, 5) is 72.6. The number of allylic oxidation sites excluding steroid dienone is 16. The molecule has 0 rings (SSSR count). The van der Waals surface area contributed by atoms with Gasteiger partial charge >= 0.3 is 39.5 Å². The minimum Gasteiger partial charge on any atom is -0.462 e. The largest absolute Gasteiger partial charge is 0.472 e. The lowest BCUT2D eigenvalue weighted by Gasteiger charge is -2.21. The molecule has 0 aromatic rings. The first kappa shape index (κ1) is 90.0. The van der Waals surface area contributed by atoms with Crippen LogP contribution in [0, 0.1) is 0 Å². The topological polar surface area (TPSA) is 237 Å². The molecule has 0 aliphatic rings. The lowest BCUT2D eigenvalue weighted by molar-refractivity contribution is -0.161. The molecule has 0 amide bonds. The van der Waals surface area contributed by atoms with Crippen LogP contribution in [0.4, 0.5) is 0 Å². The molecule has 0 aromatic heterocycles. The van der Waals surface area contributed by atoms with Crippen LogP contribution in [0.3, 0.4) is 0 Å². The monoisotopic (exact) mass is 1360 g/mol. The summed E-state index contributed by atoms with van der Waals surface area (Å²) < 4.78 is 68.2. The van der Waals surface area contributed by atoms with Crippen molar-refractivity contribution in [1.29, 1.82) is 0 Å². The Hall–Kier alpha value is -4.02. The number of aliphatic hydroxyl groups excluding tert-OH is 1. The van der Waals surface area contributed by atoms with Gasteiger partial charge < -0.3 is 33.8 Å². The number of ether oxygens (including phenoxy) is 4. The summed E-state index contributed by atoms with van der Waals surface area (Å²) in [7, 11) is -9.95. The zero-order valence-electron chi connectivity index (χ0n) is 58.9. The standard InChI is InChI=1S/C75H130O17P2/c1-5-9-13-17-21-25-29-31-33-34-36-38-42-44-48-52-56-60-73(78)86-66-71(92-75(80)62-58-54-50-46-40-28-24-20-16-12-8-4)68-90-94(83,84)88-64-69(76)63-87-93(81,82)89-67-70(91-74(79)61-57-53-49-45-39-27-23-19-15-11-7-3)65-85-72(77)59-55-51-47-43-41-37-35-32-30-26-22-18-14-10-6-2/h9-10,13-14,20-22,24-26,31-33,35,41,43,69-71,76H,5-8,11-12,15-19,23,27-30,34,36-40,42,44-68H2,1-4H3,(H,81,82)(H,83,84)/b13-9-,14-10-,24-20-,25-21-,26-22-,33-31-,35-32-,43-41-. The van der Waals surface area contributed by atoms with Crippen molar-refractivity contribution in [3.63, 3.8) is 0 Å². The van der Waals surface area contributed by atoms with Crippen molar-refractivity contribution < 1.29 is 80.2 Å². The number of unbranched alkanes of at least 4 members (excludes halogenated alkanes) is 26. The molecule has 0 aliphatic heterocycles. The molecule has 0 bridgehead atoms. The van der Waals surface area contributed by atoms with E-state index in [2.05, 4.69) is 125 Å². The van der Waals surface area contributed by atoms with Gasteiger partial charge in [-0.2, -0.15) is 0 Å². The maximum absolute atomic E-state index is 13.0. The molecule has 3 N–H and O–H groups in total. The van der Waals surface area contributed by atoms with Gasteiger partial charge in [-0.15, -0.1) is 0 Å². The van der Waals surface area contributed by atoms with Crippen molar-refractivity contribution in [2.75, 3.05) is 39.6 Å². The summed E-state index contributed by atoms with van der Waals surface area (Å²) in [5.74, 6) is -2.23. The van der Waals surface area contributed by atoms with Gasteiger partial charge in [-0.1, -0.05) is 253 Å². The molecule has 0 saturated carbocycles. The Kier molecular flexibility index (Phi) is 64.7. The van der Waals surface area contributed by atoms with Gasteiger partial charge in [-0.05, 0) is 116 Å². The van der Waals surface area contributed by atoms with Crippen LogP contribution < -0.4 is 0 Å². The van der Waals surface area contributed by atoms with Crippen molar-refractivity contribution >= 4 is 39.5 Å². The van der Waals surface area contributed by atoms with E-state index in [9.17, 15) is 43.2 Å². The number of carbonyl (C=O) groups is 4. The molecule has 0 aliphatic carbocycles. The quantitative estimate of drug-likeness (QED) is 0.0169. The van der Waals surface area contributed by atoms with Crippen LogP contribution in [0.1, 0.15) is 297 Å². The first-order valence-corrected chi connectivity index (χ1v) is 39.5. The zero-order valence-corrected chi connectivity index (χ0v) is 60.7. The molecule has 0 spiro atoms. The highest BCUT2D eigenvalue weighted by Crippen LogP contribution is 2.45. The van der Waals surface area contributed by atoms with Crippen molar-refractivity contribution in [1.82, 2.24) is 0 Å². The number of esters is 4. The van der Waals surface area contributed by atoms with E-state index in [1.54, 1.807) is 0 Å². The van der Waals surface area contributed by atoms with E-state index in [1.165, 1.54) is 51.4 Å². The smallest absolute Gasteiger partial charge is 0.462 e. The molecule has 0 heterocycles. The highest BCUT2D eigenvalue weighted by molar-refractivity contribution is 7.47. The minimum absolute atomic E-state index is 0.0817. The predicted molar refractivity (Wildman–Crippen MR) is 381 cm³/mol. The fourth-order valence-corrected chi connectivity index (χ4v) is 11.1. The minimum atomic E-state index is -4.97. The fourth-order valence-electron chi connectivity index (χ4n) is 9.50. The van der Waals surface area contributed by atoms with Crippen LogP contribution >= 0.6 is 15.6 Å². The molecular weight excluding hydrogens is 1230 g/mol. The van der Waals surface area contributed by atoms with Gasteiger partial charge in [0.2, 0.25) is 0 Å². The first-order valence-electron chi connectivity index (χ1n) is 36.5. The summed E-state index contributed by atoms with van der Waals surface area (Å²) >= 11 is 0. The highest BCUT2D eigenvalue weighted by atomic mass is 31.2. The van der Waals surface area contributed by atoms with Crippen molar-refractivity contribution in [2.24, 2.45) is 0 Å². The molecule has 17 nitrogen and oxygen atoms in total. The molecular formula is C75H130O17P2. The Morgan fingerprint density at radius 3 is 0.915 bits per heavy atom.